The second-order valence-corrected chi connectivity index (χ2v) is 13.1. The number of morpholine rings is 1. The zero-order chi connectivity index (χ0) is 28.0. The minimum Gasteiger partial charge on any atom is -0.483 e. The number of carbonyl (C=O) groups excluding carboxylic acids is 1. The molecule has 2 atom stereocenters. The van der Waals surface area contributed by atoms with Crippen LogP contribution in [0.15, 0.2) is 18.5 Å². The Balaban J connectivity index is 1.19. The normalized spacial score (nSPS) is 24.3. The Kier molecular flexibility index (Phi) is 7.06. The molecule has 0 bridgehead atoms. The van der Waals surface area contributed by atoms with E-state index in [1.54, 1.807) is 11.8 Å². The lowest BCUT2D eigenvalue weighted by Crippen LogP contribution is -2.58. The highest BCUT2D eigenvalue weighted by Gasteiger charge is 2.38. The summed E-state index contributed by atoms with van der Waals surface area (Å²) in [6.07, 6.45) is 1.07. The topological polar surface area (TPSA) is 117 Å². The number of likely N-dealkylation sites (tertiary alicyclic amines) is 1. The van der Waals surface area contributed by atoms with Crippen molar-refractivity contribution in [3.05, 3.63) is 35.2 Å². The van der Waals surface area contributed by atoms with Gasteiger partial charge >= 0.3 is 0 Å². The molecule has 0 saturated carbocycles. The third-order valence-corrected chi connectivity index (χ3v) is 9.72. The molecular weight excluding hydrogens is 532 g/mol. The molecule has 2 aromatic rings. The van der Waals surface area contributed by atoms with Crippen LogP contribution in [-0.2, 0) is 19.4 Å². The van der Waals surface area contributed by atoms with Crippen LogP contribution in [0.25, 0.3) is 0 Å². The number of aryl methyl sites for hydroxylation is 1. The minimum atomic E-state index is -3.01. The summed E-state index contributed by atoms with van der Waals surface area (Å²) >= 11 is 0. The van der Waals surface area contributed by atoms with Crippen LogP contribution in [-0.4, -0.2) is 97.7 Å². The van der Waals surface area contributed by atoms with E-state index in [-0.39, 0.29) is 29.7 Å². The Labute approximate surface area is 234 Å². The average Bonchev–Trinajstić information content (AvgIpc) is 3.04. The van der Waals surface area contributed by atoms with Gasteiger partial charge in [0.1, 0.15) is 36.0 Å². The van der Waals surface area contributed by atoms with Crippen molar-refractivity contribution >= 4 is 33.1 Å². The third-order valence-electron chi connectivity index (χ3n) is 8.11. The second kappa shape index (κ2) is 10.5. The zero-order valence-electron chi connectivity index (χ0n) is 23.0. The fraction of sp³-hybridized carbons (Fsp3) is 0.536. The molecule has 40 heavy (non-hydrogen) atoms. The van der Waals surface area contributed by atoms with Gasteiger partial charge in [0, 0.05) is 38.6 Å². The van der Waals surface area contributed by atoms with E-state index in [1.165, 1.54) is 11.9 Å². The molecule has 1 N–H and O–H groups in total. The molecule has 4 aliphatic heterocycles. The summed E-state index contributed by atoms with van der Waals surface area (Å²) in [4.78, 5) is 27.4. The molecule has 3 saturated heterocycles. The molecule has 4 aliphatic rings. The van der Waals surface area contributed by atoms with Gasteiger partial charge < -0.3 is 24.6 Å². The lowest BCUT2D eigenvalue weighted by molar-refractivity contribution is -0.154. The van der Waals surface area contributed by atoms with Crippen molar-refractivity contribution in [2.24, 2.45) is 0 Å². The van der Waals surface area contributed by atoms with E-state index in [0.29, 0.717) is 50.3 Å². The molecule has 0 radical (unpaired) electrons. The van der Waals surface area contributed by atoms with Gasteiger partial charge in [-0.25, -0.2) is 18.4 Å². The molecule has 6 rings (SSSR count). The first kappa shape index (κ1) is 26.8. The maximum Gasteiger partial charge on any atom is 0.298 e. The van der Waals surface area contributed by atoms with Crippen LogP contribution >= 0.6 is 0 Å². The Hall–Kier alpha value is -3.40. The van der Waals surface area contributed by atoms with Crippen LogP contribution in [0, 0.1) is 18.8 Å². The first-order valence-electron chi connectivity index (χ1n) is 13.7. The largest absolute Gasteiger partial charge is 0.483 e. The van der Waals surface area contributed by atoms with Crippen molar-refractivity contribution in [2.45, 2.75) is 39.0 Å². The third kappa shape index (κ3) is 5.09. The smallest absolute Gasteiger partial charge is 0.298 e. The molecular formula is C28H34N6O5S. The molecule has 12 heteroatoms. The molecule has 0 spiro atoms. The fourth-order valence-electron chi connectivity index (χ4n) is 5.87. The number of amides is 1. The highest BCUT2D eigenvalue weighted by molar-refractivity contribution is 7.91. The van der Waals surface area contributed by atoms with Gasteiger partial charge in [-0.05, 0) is 43.9 Å². The molecule has 0 aliphatic carbocycles. The maximum atomic E-state index is 12.2. The lowest BCUT2D eigenvalue weighted by Gasteiger charge is -2.47. The predicted molar refractivity (Wildman–Crippen MR) is 150 cm³/mol. The van der Waals surface area contributed by atoms with Crippen molar-refractivity contribution in [1.82, 2.24) is 19.8 Å². The van der Waals surface area contributed by atoms with Crippen molar-refractivity contribution in [1.29, 1.82) is 0 Å². The quantitative estimate of drug-likeness (QED) is 0.552. The first-order valence-corrected chi connectivity index (χ1v) is 15.5. The van der Waals surface area contributed by atoms with Gasteiger partial charge in [-0.3, -0.25) is 9.69 Å². The summed E-state index contributed by atoms with van der Waals surface area (Å²) in [5.41, 5.74) is 3.92. The summed E-state index contributed by atoms with van der Waals surface area (Å²) in [6.45, 7) is 9.77. The van der Waals surface area contributed by atoms with Crippen LogP contribution < -0.4 is 15.0 Å². The van der Waals surface area contributed by atoms with E-state index in [2.05, 4.69) is 44.2 Å². The second-order valence-electron chi connectivity index (χ2n) is 10.8. The number of hydrogen-bond acceptors (Lipinski definition) is 10. The van der Waals surface area contributed by atoms with Crippen LogP contribution in [0.4, 0.5) is 17.3 Å². The number of ether oxygens (including phenoxy) is 2. The number of benzene rings is 1. The molecule has 1 aromatic heterocycles. The molecule has 5 heterocycles. The Morgan fingerprint density at radius 3 is 2.65 bits per heavy atom. The Bertz CT molecular complexity index is 1480. The van der Waals surface area contributed by atoms with Gasteiger partial charge in [0.2, 0.25) is 0 Å². The van der Waals surface area contributed by atoms with Crippen molar-refractivity contribution in [3.8, 4) is 17.6 Å². The summed E-state index contributed by atoms with van der Waals surface area (Å²) in [7, 11) is -3.01. The van der Waals surface area contributed by atoms with Gasteiger partial charge in [-0.1, -0.05) is 12.0 Å². The van der Waals surface area contributed by atoms with Gasteiger partial charge in [-0.2, -0.15) is 0 Å². The monoisotopic (exact) mass is 566 g/mol. The standard InChI is InChI=1S/C28H34N6O5S/c1-4-5-23(35)33-6-9-38-24(16-33)34-14-21(15-34)20-12-18(2)26-22(13-20)31-27-25(19(3)39-26)28(30-17-29-27)32-7-10-40(36,37)11-8-32/h12-13,17,19,21,24H,6-11,14-16H2,1-3H3,(H,29,30,31)/t19-,24?/m1/s1. The lowest BCUT2D eigenvalue weighted by atomic mass is 9.89. The molecule has 1 unspecified atom stereocenters. The molecule has 11 nitrogen and oxygen atoms in total. The van der Waals surface area contributed by atoms with Gasteiger partial charge in [0.15, 0.2) is 9.84 Å². The van der Waals surface area contributed by atoms with Gasteiger partial charge in [0.05, 0.1) is 35.9 Å². The molecule has 1 amide bonds. The first-order chi connectivity index (χ1) is 19.2. The number of fused-ring (bicyclic) bond motifs is 2. The summed E-state index contributed by atoms with van der Waals surface area (Å²) < 4.78 is 36.4. The number of carbonyl (C=O) groups is 1. The number of nitrogens with one attached hydrogen (secondary N) is 1. The highest BCUT2D eigenvalue weighted by Crippen LogP contribution is 2.45. The summed E-state index contributed by atoms with van der Waals surface area (Å²) in [5.74, 6) is 7.89. The van der Waals surface area contributed by atoms with Gasteiger partial charge in [0.25, 0.3) is 5.91 Å². The SMILES string of the molecule is CC#CC(=O)N1CCOC(N2CC(c3cc(C)c4c(c3)Nc3ncnc(N5CCS(=O)(=O)CC5)c3[C@@H](C)O4)C2)C1. The van der Waals surface area contributed by atoms with Crippen LogP contribution in [0.5, 0.6) is 5.75 Å². The Morgan fingerprint density at radius 2 is 1.90 bits per heavy atom. The van der Waals surface area contributed by atoms with Crippen LogP contribution in [0.1, 0.15) is 42.6 Å². The zero-order valence-corrected chi connectivity index (χ0v) is 23.8. The van der Waals surface area contributed by atoms with E-state index in [4.69, 9.17) is 9.47 Å². The molecule has 1 aromatic carbocycles. The molecule has 3 fully saturated rings. The Morgan fingerprint density at radius 1 is 1.12 bits per heavy atom. The number of anilines is 3. The number of aromatic nitrogens is 2. The van der Waals surface area contributed by atoms with Crippen molar-refractivity contribution < 1.29 is 22.7 Å². The van der Waals surface area contributed by atoms with E-state index in [0.717, 1.165) is 35.7 Å². The minimum absolute atomic E-state index is 0.114. The van der Waals surface area contributed by atoms with Gasteiger partial charge in [-0.15, -0.1) is 0 Å². The maximum absolute atomic E-state index is 12.2. The van der Waals surface area contributed by atoms with Crippen molar-refractivity contribution in [2.75, 3.05) is 67.6 Å². The fourth-order valence-corrected chi connectivity index (χ4v) is 7.07. The summed E-state index contributed by atoms with van der Waals surface area (Å²) in [6, 6.07) is 4.32. The van der Waals surface area contributed by atoms with E-state index >= 15 is 0 Å². The highest BCUT2D eigenvalue weighted by atomic mass is 32.2. The van der Waals surface area contributed by atoms with E-state index < -0.39 is 9.84 Å². The number of sulfone groups is 1. The van der Waals surface area contributed by atoms with E-state index in [9.17, 15) is 13.2 Å². The molecule has 212 valence electrons. The number of rotatable bonds is 3. The number of nitrogens with zero attached hydrogens (tertiary/aromatic N) is 5. The van der Waals surface area contributed by atoms with Crippen LogP contribution in [0.2, 0.25) is 0 Å². The van der Waals surface area contributed by atoms with Crippen LogP contribution in [0.3, 0.4) is 0 Å². The van der Waals surface area contributed by atoms with Crippen molar-refractivity contribution in [3.63, 3.8) is 0 Å². The number of hydrogen-bond donors (Lipinski definition) is 1. The average molecular weight is 567 g/mol. The summed E-state index contributed by atoms with van der Waals surface area (Å²) in [5, 5.41) is 3.50. The predicted octanol–water partition coefficient (Wildman–Crippen LogP) is 1.82. The van der Waals surface area contributed by atoms with E-state index in [1.807, 2.05) is 18.7 Å².